The number of hydrogen-bond acceptors (Lipinski definition) is 4. The van der Waals surface area contributed by atoms with E-state index in [0.717, 1.165) is 5.52 Å². The minimum Gasteiger partial charge on any atom is -0.399 e. The third kappa shape index (κ3) is 2.72. The highest BCUT2D eigenvalue weighted by Gasteiger charge is 2.19. The van der Waals surface area contributed by atoms with Gasteiger partial charge in [0.2, 0.25) is 5.95 Å². The Balaban J connectivity index is 2.01. The van der Waals surface area contributed by atoms with Crippen LogP contribution in [0.15, 0.2) is 51.8 Å². The van der Waals surface area contributed by atoms with Crippen molar-refractivity contribution in [2.45, 2.75) is 4.90 Å². The fraction of sp³-hybridized carbons (Fsp3) is 0. The molecule has 3 rings (SSSR count). The van der Waals surface area contributed by atoms with E-state index in [9.17, 15) is 8.42 Å². The predicted octanol–water partition coefficient (Wildman–Crippen LogP) is 2.71. The number of nitrogens with one attached hydrogen (secondary N) is 2. The number of aromatic nitrogens is 2. The van der Waals surface area contributed by atoms with Crippen LogP contribution in [0.4, 0.5) is 11.6 Å². The van der Waals surface area contributed by atoms with Crippen molar-refractivity contribution >= 4 is 48.6 Å². The average Bonchev–Trinajstić information content (AvgIpc) is 2.82. The zero-order valence-corrected chi connectivity index (χ0v) is 13.1. The van der Waals surface area contributed by atoms with Crippen LogP contribution in [0, 0.1) is 0 Å². The van der Waals surface area contributed by atoms with Crippen molar-refractivity contribution in [2.24, 2.45) is 0 Å². The number of H-pyrrole nitrogens is 1. The van der Waals surface area contributed by atoms with Gasteiger partial charge in [0.05, 0.1) is 11.0 Å². The first-order chi connectivity index (χ1) is 9.95. The molecule has 1 heterocycles. The van der Waals surface area contributed by atoms with E-state index in [1.54, 1.807) is 18.2 Å². The highest BCUT2D eigenvalue weighted by atomic mass is 79.9. The number of nitrogen functional groups attached to an aromatic ring is 1. The van der Waals surface area contributed by atoms with E-state index in [0.29, 0.717) is 15.7 Å². The van der Waals surface area contributed by atoms with Gasteiger partial charge in [0.15, 0.2) is 0 Å². The maximum atomic E-state index is 12.4. The summed E-state index contributed by atoms with van der Waals surface area (Å²) in [5, 5.41) is 0. The van der Waals surface area contributed by atoms with E-state index >= 15 is 0 Å². The second-order valence-corrected chi connectivity index (χ2v) is 6.90. The van der Waals surface area contributed by atoms with Crippen LogP contribution in [-0.4, -0.2) is 18.4 Å². The second-order valence-electron chi connectivity index (χ2n) is 4.40. The Bertz CT molecular complexity index is 888. The summed E-state index contributed by atoms with van der Waals surface area (Å²) in [5.74, 6) is 0.158. The molecule has 2 aromatic carbocycles. The summed E-state index contributed by atoms with van der Waals surface area (Å²) in [7, 11) is -3.78. The lowest BCUT2D eigenvalue weighted by molar-refractivity contribution is 0.600. The van der Waals surface area contributed by atoms with Crippen molar-refractivity contribution in [1.82, 2.24) is 9.97 Å². The molecular weight excluding hydrogens is 356 g/mol. The fourth-order valence-corrected chi connectivity index (χ4v) is 3.87. The number of imidazole rings is 1. The average molecular weight is 367 g/mol. The smallest absolute Gasteiger partial charge is 0.265 e. The molecule has 0 fully saturated rings. The third-order valence-electron chi connectivity index (χ3n) is 2.87. The van der Waals surface area contributed by atoms with Crippen molar-refractivity contribution in [3.05, 3.63) is 46.9 Å². The van der Waals surface area contributed by atoms with Crippen molar-refractivity contribution in [3.63, 3.8) is 0 Å². The Labute approximate surface area is 129 Å². The number of nitrogens with two attached hydrogens (primary N) is 1. The molecule has 4 N–H and O–H groups in total. The van der Waals surface area contributed by atoms with Gasteiger partial charge in [-0.15, -0.1) is 0 Å². The first-order valence-corrected chi connectivity index (χ1v) is 8.26. The Morgan fingerprint density at radius 1 is 1.19 bits per heavy atom. The molecule has 0 amide bonds. The molecule has 0 spiro atoms. The molecule has 0 bridgehead atoms. The molecule has 0 radical (unpaired) electrons. The number of aromatic amines is 1. The number of para-hydroxylation sites is 2. The van der Waals surface area contributed by atoms with Crippen LogP contribution < -0.4 is 10.5 Å². The van der Waals surface area contributed by atoms with Crippen molar-refractivity contribution in [3.8, 4) is 0 Å². The minimum atomic E-state index is -3.78. The number of halogens is 1. The fourth-order valence-electron chi connectivity index (χ4n) is 1.91. The second kappa shape index (κ2) is 5.05. The maximum Gasteiger partial charge on any atom is 0.265 e. The molecule has 108 valence electrons. The van der Waals surface area contributed by atoms with Crippen molar-refractivity contribution in [1.29, 1.82) is 0 Å². The molecule has 0 aliphatic carbocycles. The molecule has 0 saturated heterocycles. The molecule has 3 aromatic rings. The van der Waals surface area contributed by atoms with Gasteiger partial charge in [-0.25, -0.2) is 18.1 Å². The normalized spacial score (nSPS) is 11.7. The number of rotatable bonds is 3. The van der Waals surface area contributed by atoms with E-state index in [1.165, 1.54) is 6.07 Å². The van der Waals surface area contributed by atoms with Gasteiger partial charge in [-0.3, -0.25) is 0 Å². The van der Waals surface area contributed by atoms with Crippen LogP contribution in [-0.2, 0) is 10.0 Å². The highest BCUT2D eigenvalue weighted by molar-refractivity contribution is 9.10. The number of sulfonamides is 1. The van der Waals surface area contributed by atoms with E-state index in [2.05, 4.69) is 30.6 Å². The third-order valence-corrected chi connectivity index (χ3v) is 5.20. The first-order valence-electron chi connectivity index (χ1n) is 5.98. The highest BCUT2D eigenvalue weighted by Crippen LogP contribution is 2.26. The van der Waals surface area contributed by atoms with E-state index in [-0.39, 0.29) is 10.8 Å². The number of fused-ring (bicyclic) bond motifs is 1. The summed E-state index contributed by atoms with van der Waals surface area (Å²) in [6.07, 6.45) is 0. The number of anilines is 2. The monoisotopic (exact) mass is 366 g/mol. The summed E-state index contributed by atoms with van der Waals surface area (Å²) >= 11 is 3.21. The van der Waals surface area contributed by atoms with Gasteiger partial charge in [-0.05, 0) is 46.3 Å². The molecule has 0 atom stereocenters. The lowest BCUT2D eigenvalue weighted by atomic mass is 10.3. The lowest BCUT2D eigenvalue weighted by Crippen LogP contribution is -2.14. The van der Waals surface area contributed by atoms with Crippen LogP contribution >= 0.6 is 15.9 Å². The Hall–Kier alpha value is -2.06. The molecule has 0 aliphatic rings. The molecule has 0 saturated carbocycles. The molecule has 6 nitrogen and oxygen atoms in total. The SMILES string of the molecule is Nc1ccc(Br)c(S(=O)(=O)Nc2nc3ccccc3[nH]2)c1. The van der Waals surface area contributed by atoms with Crippen molar-refractivity contribution in [2.75, 3.05) is 10.5 Å². The molecule has 1 aromatic heterocycles. The summed E-state index contributed by atoms with van der Waals surface area (Å²) in [5.41, 5.74) is 7.44. The minimum absolute atomic E-state index is 0.0583. The predicted molar refractivity (Wildman–Crippen MR) is 85.5 cm³/mol. The summed E-state index contributed by atoms with van der Waals surface area (Å²) in [4.78, 5) is 7.15. The molecule has 8 heteroatoms. The van der Waals surface area contributed by atoms with Gasteiger partial charge in [0.25, 0.3) is 10.0 Å². The molecule has 0 aliphatic heterocycles. The van der Waals surface area contributed by atoms with Crippen LogP contribution in [0.2, 0.25) is 0 Å². The van der Waals surface area contributed by atoms with Gasteiger partial charge >= 0.3 is 0 Å². The zero-order valence-electron chi connectivity index (χ0n) is 10.7. The van der Waals surface area contributed by atoms with E-state index < -0.39 is 10.0 Å². The summed E-state index contributed by atoms with van der Waals surface area (Å²) < 4.78 is 27.6. The molecular formula is C13H11BrN4O2S. The lowest BCUT2D eigenvalue weighted by Gasteiger charge is -2.08. The van der Waals surface area contributed by atoms with Gasteiger partial charge in [0, 0.05) is 10.2 Å². The topological polar surface area (TPSA) is 101 Å². The quantitative estimate of drug-likeness (QED) is 0.620. The van der Waals surface area contributed by atoms with E-state index in [1.807, 2.05) is 18.2 Å². The maximum absolute atomic E-state index is 12.4. The van der Waals surface area contributed by atoms with Crippen LogP contribution in [0.1, 0.15) is 0 Å². The van der Waals surface area contributed by atoms with Crippen LogP contribution in [0.3, 0.4) is 0 Å². The largest absolute Gasteiger partial charge is 0.399 e. The number of nitrogens with zero attached hydrogens (tertiary/aromatic N) is 1. The molecule has 21 heavy (non-hydrogen) atoms. The number of hydrogen-bond donors (Lipinski definition) is 3. The summed E-state index contributed by atoms with van der Waals surface area (Å²) in [6.45, 7) is 0. The Morgan fingerprint density at radius 3 is 2.71 bits per heavy atom. The summed E-state index contributed by atoms with van der Waals surface area (Å²) in [6, 6.07) is 11.9. The molecule has 0 unspecified atom stereocenters. The Morgan fingerprint density at radius 2 is 1.95 bits per heavy atom. The van der Waals surface area contributed by atoms with Gasteiger partial charge in [-0.2, -0.15) is 0 Å². The Kier molecular flexibility index (Phi) is 3.34. The van der Waals surface area contributed by atoms with E-state index in [4.69, 9.17) is 5.73 Å². The number of benzene rings is 2. The van der Waals surface area contributed by atoms with Crippen LogP contribution in [0.5, 0.6) is 0 Å². The van der Waals surface area contributed by atoms with Gasteiger partial charge in [0.1, 0.15) is 4.90 Å². The van der Waals surface area contributed by atoms with Crippen molar-refractivity contribution < 1.29 is 8.42 Å². The van der Waals surface area contributed by atoms with Crippen LogP contribution in [0.25, 0.3) is 11.0 Å². The zero-order chi connectivity index (χ0) is 15.0. The van der Waals surface area contributed by atoms with Gasteiger partial charge < -0.3 is 10.7 Å². The van der Waals surface area contributed by atoms with Gasteiger partial charge in [-0.1, -0.05) is 12.1 Å². The standard InChI is InChI=1S/C13H11BrN4O2S/c14-9-6-5-8(15)7-12(9)21(19,20)18-13-16-10-3-1-2-4-11(10)17-13/h1-7H,15H2,(H2,16,17,18). The first kappa shape index (κ1) is 13.9.